The molecule has 1 atom stereocenters. The second-order valence-corrected chi connectivity index (χ2v) is 12.8. The topological polar surface area (TPSA) is 101 Å². The van der Waals surface area contributed by atoms with Crippen LogP contribution in [0.25, 0.3) is 0 Å². The predicted octanol–water partition coefficient (Wildman–Crippen LogP) is 4.68. The summed E-state index contributed by atoms with van der Waals surface area (Å²) in [6, 6.07) is 21.1. The molecule has 36 heavy (non-hydrogen) atoms. The number of nitrogens with zero attached hydrogens (tertiary/aromatic N) is 1. The Morgan fingerprint density at radius 2 is 1.36 bits per heavy atom. The molecule has 0 spiro atoms. The van der Waals surface area contributed by atoms with Crippen LogP contribution in [0.1, 0.15) is 50.3 Å². The molecule has 0 aliphatic rings. The highest BCUT2D eigenvalue weighted by molar-refractivity contribution is 7.93. The number of hydrogen-bond donors (Lipinski definition) is 1. The number of hydrogen-bond acceptors (Lipinski definition) is 5. The lowest BCUT2D eigenvalue weighted by atomic mass is 10.0. The first-order valence-electron chi connectivity index (χ1n) is 11.7. The van der Waals surface area contributed by atoms with Crippen molar-refractivity contribution in [1.82, 2.24) is 5.32 Å². The van der Waals surface area contributed by atoms with E-state index in [1.807, 2.05) is 32.9 Å². The van der Waals surface area contributed by atoms with Crippen molar-refractivity contribution in [2.75, 3.05) is 17.1 Å². The molecule has 3 aromatic rings. The van der Waals surface area contributed by atoms with Crippen molar-refractivity contribution >= 4 is 31.5 Å². The minimum absolute atomic E-state index is 0.0918. The van der Waals surface area contributed by atoms with Crippen molar-refractivity contribution < 1.29 is 21.6 Å². The highest BCUT2D eigenvalue weighted by atomic mass is 32.2. The molecule has 9 heteroatoms. The number of anilines is 1. The first-order valence-corrected chi connectivity index (χ1v) is 15.0. The van der Waals surface area contributed by atoms with E-state index in [0.29, 0.717) is 12.1 Å². The Labute approximate surface area is 214 Å². The quantitative estimate of drug-likeness (QED) is 0.412. The van der Waals surface area contributed by atoms with Gasteiger partial charge in [0.15, 0.2) is 9.84 Å². The third kappa shape index (κ3) is 6.53. The van der Waals surface area contributed by atoms with Crippen molar-refractivity contribution in [1.29, 1.82) is 0 Å². The molecule has 192 valence electrons. The van der Waals surface area contributed by atoms with Gasteiger partial charge in [-0.25, -0.2) is 16.8 Å². The molecule has 3 aromatic carbocycles. The highest BCUT2D eigenvalue weighted by Crippen LogP contribution is 2.26. The first-order chi connectivity index (χ1) is 16.9. The summed E-state index contributed by atoms with van der Waals surface area (Å²) in [5.74, 6) is -0.192. The number of rotatable bonds is 10. The van der Waals surface area contributed by atoms with E-state index >= 15 is 0 Å². The predicted molar refractivity (Wildman–Crippen MR) is 142 cm³/mol. The summed E-state index contributed by atoms with van der Waals surface area (Å²) >= 11 is 0. The first kappa shape index (κ1) is 27.4. The van der Waals surface area contributed by atoms with Gasteiger partial charge in [-0.3, -0.25) is 9.10 Å². The van der Waals surface area contributed by atoms with Gasteiger partial charge in [0.05, 0.1) is 21.5 Å². The molecular formula is C27H32N2O5S2. The molecule has 1 amide bonds. The van der Waals surface area contributed by atoms with Gasteiger partial charge in [-0.1, -0.05) is 63.2 Å². The Kier molecular flexibility index (Phi) is 8.58. The fourth-order valence-electron chi connectivity index (χ4n) is 3.80. The van der Waals surface area contributed by atoms with Crippen molar-refractivity contribution in [2.45, 2.75) is 48.9 Å². The molecule has 0 saturated carbocycles. The summed E-state index contributed by atoms with van der Waals surface area (Å²) in [5.41, 5.74) is 2.19. The smallest absolute Gasteiger partial charge is 0.264 e. The molecule has 0 radical (unpaired) electrons. The summed E-state index contributed by atoms with van der Waals surface area (Å²) in [4.78, 5) is 13.4. The van der Waals surface area contributed by atoms with Crippen LogP contribution in [0.5, 0.6) is 0 Å². The van der Waals surface area contributed by atoms with Crippen molar-refractivity contribution in [3.05, 3.63) is 90.0 Å². The Balaban J connectivity index is 1.89. The zero-order valence-electron chi connectivity index (χ0n) is 20.9. The SMILES string of the molecule is CCC(NC(=O)CN(c1ccc(C(C)C)cc1)S(=O)(=O)c1ccccc1)c1ccc(S(C)(=O)=O)cc1. The minimum atomic E-state index is -4.01. The van der Waals surface area contributed by atoms with Crippen molar-refractivity contribution in [3.63, 3.8) is 0 Å². The van der Waals surface area contributed by atoms with Crippen LogP contribution in [0.4, 0.5) is 5.69 Å². The summed E-state index contributed by atoms with van der Waals surface area (Å²) < 4.78 is 51.7. The third-order valence-corrected chi connectivity index (χ3v) is 8.84. The maximum Gasteiger partial charge on any atom is 0.264 e. The van der Waals surface area contributed by atoms with E-state index in [-0.39, 0.29) is 15.7 Å². The molecule has 1 N–H and O–H groups in total. The number of benzene rings is 3. The standard InChI is InChI=1S/C27H32N2O5S2/c1-5-26(22-13-17-24(18-14-22)35(4,31)32)28-27(30)19-29(23-15-11-21(12-16-23)20(2)3)36(33,34)25-9-7-6-8-10-25/h6-18,20,26H,5,19H2,1-4H3,(H,28,30). The molecule has 1 unspecified atom stereocenters. The second kappa shape index (κ2) is 11.3. The lowest BCUT2D eigenvalue weighted by molar-refractivity contribution is -0.120. The van der Waals surface area contributed by atoms with Gasteiger partial charge in [0, 0.05) is 6.26 Å². The minimum Gasteiger partial charge on any atom is -0.348 e. The number of amides is 1. The fraction of sp³-hybridized carbons (Fsp3) is 0.296. The monoisotopic (exact) mass is 528 g/mol. The molecule has 0 fully saturated rings. The average molecular weight is 529 g/mol. The molecule has 3 rings (SSSR count). The van der Waals surface area contributed by atoms with Gasteiger partial charge in [0.1, 0.15) is 6.54 Å². The molecule has 0 aliphatic heterocycles. The van der Waals surface area contributed by atoms with Gasteiger partial charge in [0.25, 0.3) is 10.0 Å². The summed E-state index contributed by atoms with van der Waals surface area (Å²) in [5, 5.41) is 2.90. The molecule has 0 aliphatic carbocycles. The van der Waals surface area contributed by atoms with Gasteiger partial charge in [-0.2, -0.15) is 0 Å². The maximum absolute atomic E-state index is 13.5. The number of nitrogens with one attached hydrogen (secondary N) is 1. The van der Waals surface area contributed by atoms with Crippen LogP contribution in [0.2, 0.25) is 0 Å². The lowest BCUT2D eigenvalue weighted by Crippen LogP contribution is -2.42. The number of sulfone groups is 1. The van der Waals surface area contributed by atoms with Gasteiger partial charge in [-0.05, 0) is 59.9 Å². The average Bonchev–Trinajstić information content (AvgIpc) is 2.86. The molecule has 0 aromatic heterocycles. The van der Waals surface area contributed by atoms with E-state index in [0.717, 1.165) is 21.7 Å². The number of sulfonamides is 1. The van der Waals surface area contributed by atoms with E-state index in [1.54, 1.807) is 42.5 Å². The summed E-state index contributed by atoms with van der Waals surface area (Å²) in [6.45, 7) is 5.58. The maximum atomic E-state index is 13.5. The van der Waals surface area contributed by atoms with Gasteiger partial charge in [-0.15, -0.1) is 0 Å². The van der Waals surface area contributed by atoms with Crippen LogP contribution >= 0.6 is 0 Å². The van der Waals surface area contributed by atoms with Crippen LogP contribution in [-0.4, -0.2) is 35.5 Å². The van der Waals surface area contributed by atoms with Gasteiger partial charge in [0.2, 0.25) is 5.91 Å². The van der Waals surface area contributed by atoms with E-state index in [4.69, 9.17) is 0 Å². The van der Waals surface area contributed by atoms with E-state index < -0.39 is 38.4 Å². The van der Waals surface area contributed by atoms with Crippen LogP contribution in [0.3, 0.4) is 0 Å². The van der Waals surface area contributed by atoms with Gasteiger partial charge < -0.3 is 5.32 Å². The Bertz CT molecular complexity index is 1380. The van der Waals surface area contributed by atoms with Crippen LogP contribution in [-0.2, 0) is 24.7 Å². The lowest BCUT2D eigenvalue weighted by Gasteiger charge is -2.26. The summed E-state index contributed by atoms with van der Waals surface area (Å²) in [7, 11) is -7.34. The zero-order chi connectivity index (χ0) is 26.5. The van der Waals surface area contributed by atoms with Crippen LogP contribution in [0, 0.1) is 0 Å². The molecule has 0 saturated heterocycles. The van der Waals surface area contributed by atoms with Crippen LogP contribution in [0.15, 0.2) is 88.7 Å². The normalized spacial score (nSPS) is 12.8. The van der Waals surface area contributed by atoms with Gasteiger partial charge >= 0.3 is 0 Å². The third-order valence-electron chi connectivity index (χ3n) is 5.92. The number of carbonyl (C=O) groups is 1. The Morgan fingerprint density at radius 3 is 1.86 bits per heavy atom. The largest absolute Gasteiger partial charge is 0.348 e. The second-order valence-electron chi connectivity index (χ2n) is 8.94. The zero-order valence-corrected chi connectivity index (χ0v) is 22.5. The van der Waals surface area contributed by atoms with E-state index in [2.05, 4.69) is 5.32 Å². The number of carbonyl (C=O) groups excluding carboxylic acids is 1. The van der Waals surface area contributed by atoms with E-state index in [9.17, 15) is 21.6 Å². The Hall–Kier alpha value is -3.17. The van der Waals surface area contributed by atoms with Crippen molar-refractivity contribution in [3.8, 4) is 0 Å². The fourth-order valence-corrected chi connectivity index (χ4v) is 5.87. The Morgan fingerprint density at radius 1 is 0.806 bits per heavy atom. The summed E-state index contributed by atoms with van der Waals surface area (Å²) in [6.07, 6.45) is 1.68. The molecule has 7 nitrogen and oxygen atoms in total. The van der Waals surface area contributed by atoms with Crippen molar-refractivity contribution in [2.24, 2.45) is 0 Å². The highest BCUT2D eigenvalue weighted by Gasteiger charge is 2.28. The van der Waals surface area contributed by atoms with E-state index in [1.165, 1.54) is 24.3 Å². The molecule has 0 heterocycles. The molecule has 0 bridgehead atoms. The van der Waals surface area contributed by atoms with Crippen LogP contribution < -0.4 is 9.62 Å². The molecular weight excluding hydrogens is 496 g/mol.